The van der Waals surface area contributed by atoms with Crippen LogP contribution in [0, 0.1) is 37.0 Å². The van der Waals surface area contributed by atoms with E-state index in [1.54, 1.807) is 113 Å². The standard InChI is InChI=1S/C8H8O.C8H10.C7H8.C6H7N.2C6H12.2C5H9NO.C5H11NO.C5H8O.C5H12.C5H10.C4H9NO.C4H8O2.C4H10O.C4H10.C3H5N3.C3H7NO.C3H6O2.C3H8OS.C3H6O.C2H7N.C2H6O/c1-7(9)8-5-3-2-4-6-8;1-2-8-6-4-3-5-7-8;1-7-5-3-2-4-6-7;1-6-3-2-4-7-5-6;1-2-6-4-3-5-6;1-4-5-6(2)3;1-6-5(7)4-2-3-4;1-4(7)6-5-2-3-5;1-3-4-5(7)6-2;1-4(6)5-2-3-5;1-5(2,3)4;1-4-5(2)3;1-3-4(6)5-2;1-3-4(5)6-2;1-4(2)5-3;1-3-4-2;1-6-2-4-5-3-6;1-3(5)4-2;1-3(4)5-2;1-5(2,3)4;1-3(2)4;2*1-3-2/h2-6H,1H3;3-7H,2H2,1H3;2-6H,1H3;2-5H,1H3;6H,2-5H2,1H3;2,4-5H2,1,3H3;4H,2-3H2,1H3,(H,6,7);5H,2-3H2,1H3,(H,6,7);3-4H2,1-2H3,(H,6,7);5H,2-3H2,1H3;1-4H3;2,4H2,1,3H3;3H2,1-2H3,(H,5,6);3H2,1-2H3;4H,1-3H3;3-4H2,1-2H3;2-3H,1H3;1-2H3,(H,4,5);1-2H3;1H2,2-3H3;1-2H3;3H,1-2H3;1-2H3. The predicted octanol–water partition coefficient (Wildman–Crippen LogP) is 22.0. The number of allylic oxidation sites excluding steroid dienone is 2. The minimum absolute atomic E-state index is 0.00463. The SMILES string of the molecule is C=C(C)CC.C=C(C)CCC.C=S(C)(C)=O.CC(=O)C1CC1.CC(=O)NC1CC1.CC(=O)c1ccccc1.CC(C)(C)C.CC(C)=O.CCC(=O)NC.CCC(=O)OC.CCC1CCC1.CCCC.CCCC(=O)NC.CCc1ccccc1.CNC.CNC(=O)C1CC1.CNC(C)=O.COC.COC(C)=O.COC(C)C.Cc1ccccc1.Cc1cccnc1.Cn1cnnc1. The van der Waals surface area contributed by atoms with Gasteiger partial charge in [-0.05, 0) is 191 Å². The molecule has 4 aliphatic carbocycles. The number of ether oxygens (including phenoxy) is 4. The summed E-state index contributed by atoms with van der Waals surface area (Å²) in [6.07, 6.45) is 33.2. The van der Waals surface area contributed by atoms with Gasteiger partial charge in [0, 0.05) is 145 Å². The molecular weight excluding hydrogens is 1690 g/mol. The third-order valence-electron chi connectivity index (χ3n) is 14.6. The summed E-state index contributed by atoms with van der Waals surface area (Å²) in [5.41, 5.74) is 7.76. The molecule has 9 rings (SSSR count). The lowest BCUT2D eigenvalue weighted by Gasteiger charge is -2.22. The lowest BCUT2D eigenvalue weighted by Crippen LogP contribution is -2.21. The van der Waals surface area contributed by atoms with Crippen LogP contribution in [0.5, 0.6) is 0 Å². The number of unbranched alkanes of at least 4 members (excludes halogenated alkanes) is 1. The second-order valence-corrected chi connectivity index (χ2v) is 35.3. The molecule has 132 heavy (non-hydrogen) atoms. The molecule has 3 aromatic carbocycles. The van der Waals surface area contributed by atoms with Crippen LogP contribution in [0.4, 0.5) is 0 Å². The van der Waals surface area contributed by atoms with Crippen molar-refractivity contribution >= 4 is 74.2 Å². The quantitative estimate of drug-likeness (QED) is 0.0245. The fourth-order valence-corrected chi connectivity index (χ4v) is 6.18. The summed E-state index contributed by atoms with van der Waals surface area (Å²) < 4.78 is 29.2. The Morgan fingerprint density at radius 1 is 0.515 bits per heavy atom. The van der Waals surface area contributed by atoms with Crippen LogP contribution in [0.2, 0.25) is 0 Å². The molecule has 26 heteroatoms. The van der Waals surface area contributed by atoms with Crippen LogP contribution in [0.1, 0.15) is 315 Å². The van der Waals surface area contributed by atoms with Gasteiger partial charge in [-0.2, -0.15) is 0 Å². The molecule has 768 valence electrons. The van der Waals surface area contributed by atoms with E-state index < -0.39 is 9.52 Å². The van der Waals surface area contributed by atoms with Crippen LogP contribution in [-0.4, -0.2) is 191 Å². The predicted molar refractivity (Wildman–Crippen MR) is 565 cm³/mol. The van der Waals surface area contributed by atoms with E-state index in [0.29, 0.717) is 54.4 Å². The Morgan fingerprint density at radius 3 is 0.970 bits per heavy atom. The first-order valence-corrected chi connectivity index (χ1v) is 48.6. The zero-order chi connectivity index (χ0) is 106. The van der Waals surface area contributed by atoms with Gasteiger partial charge in [-0.3, -0.25) is 52.3 Å². The summed E-state index contributed by atoms with van der Waals surface area (Å²) in [5.74, 6) is 6.03. The molecule has 0 saturated heterocycles. The first-order valence-electron chi connectivity index (χ1n) is 46.1. The molecule has 5 aromatic rings. The number of carbonyl (C=O) groups excluding carboxylic acids is 10. The summed E-state index contributed by atoms with van der Waals surface area (Å²) in [7, 11) is 18.2. The molecule has 0 radical (unpaired) electrons. The maximum Gasteiger partial charge on any atom is 0.305 e. The second-order valence-electron chi connectivity index (χ2n) is 32.5. The Kier molecular flexibility index (Phi) is 137. The number of rotatable bonds is 15. The first-order chi connectivity index (χ1) is 61.5. The highest BCUT2D eigenvalue weighted by Crippen LogP contribution is 2.30. The highest BCUT2D eigenvalue weighted by Gasteiger charge is 2.28. The number of nitrogens with zero attached hydrogens (tertiary/aromatic N) is 4. The van der Waals surface area contributed by atoms with Crippen molar-refractivity contribution in [1.29, 1.82) is 0 Å². The minimum Gasteiger partial charge on any atom is -0.469 e. The minimum atomic E-state index is -1.67. The van der Waals surface area contributed by atoms with Crippen molar-refractivity contribution in [3.05, 3.63) is 175 Å². The molecule has 0 bridgehead atoms. The van der Waals surface area contributed by atoms with Crippen molar-refractivity contribution in [2.75, 3.05) is 90.3 Å². The number of esters is 2. The van der Waals surface area contributed by atoms with E-state index in [4.69, 9.17) is 4.74 Å². The Labute approximate surface area is 808 Å². The van der Waals surface area contributed by atoms with Gasteiger partial charge in [0.1, 0.15) is 24.2 Å². The zero-order valence-corrected chi connectivity index (χ0v) is 91.9. The van der Waals surface area contributed by atoms with E-state index >= 15 is 0 Å². The maximum atomic E-state index is 10.6. The van der Waals surface area contributed by atoms with Gasteiger partial charge in [0.05, 0.1) is 20.3 Å². The molecule has 2 heterocycles. The van der Waals surface area contributed by atoms with E-state index in [2.05, 4.69) is 200 Å². The number of amides is 5. The van der Waals surface area contributed by atoms with Crippen LogP contribution in [0.25, 0.3) is 0 Å². The number of hydrogen-bond donors (Lipinski definition) is 6. The lowest BCUT2D eigenvalue weighted by molar-refractivity contribution is -0.140. The average Bonchev–Trinajstić information content (AvgIpc) is 2.14. The van der Waals surface area contributed by atoms with Crippen molar-refractivity contribution in [3.8, 4) is 0 Å². The van der Waals surface area contributed by atoms with Crippen LogP contribution in [0.15, 0.2) is 152 Å². The van der Waals surface area contributed by atoms with Crippen LogP contribution in [0.3, 0.4) is 0 Å². The summed E-state index contributed by atoms with van der Waals surface area (Å²) >= 11 is 0. The first kappa shape index (κ1) is 154. The van der Waals surface area contributed by atoms with Crippen LogP contribution >= 0.6 is 0 Å². The molecule has 25 nitrogen and oxygen atoms in total. The molecule has 6 N–H and O–H groups in total. The molecule has 4 fully saturated rings. The molecule has 0 atom stereocenters. The van der Waals surface area contributed by atoms with Gasteiger partial charge in [-0.1, -0.05) is 249 Å². The highest BCUT2D eigenvalue weighted by atomic mass is 32.2. The van der Waals surface area contributed by atoms with Crippen molar-refractivity contribution in [1.82, 2.24) is 51.6 Å². The smallest absolute Gasteiger partial charge is 0.305 e. The molecule has 4 aliphatic rings. The number of hydrogen-bond acceptors (Lipinski definition) is 19. The molecule has 0 spiro atoms. The maximum absolute atomic E-state index is 10.6. The molecule has 4 saturated carbocycles. The second kappa shape index (κ2) is 118. The average molecular weight is 1880 g/mol. The van der Waals surface area contributed by atoms with Crippen LogP contribution < -0.4 is 31.9 Å². The number of Topliss-reactive ketones (excluding diaryl/α,β-unsaturated/α-hetero) is 3. The van der Waals surface area contributed by atoms with Gasteiger partial charge in [0.2, 0.25) is 29.5 Å². The van der Waals surface area contributed by atoms with E-state index in [0.717, 1.165) is 56.4 Å². The molecular formula is C106H198N10O15S. The normalized spacial score (nSPS) is 10.8. The molecule has 5 amide bonds. The number of carbonyl (C=O) groups is 10. The largest absolute Gasteiger partial charge is 0.469 e. The number of aromatic nitrogens is 4. The molecule has 2 aromatic heterocycles. The van der Waals surface area contributed by atoms with E-state index in [1.807, 2.05) is 136 Å². The fraction of sp³-hybridized carbons (Fsp3) is 0.623. The van der Waals surface area contributed by atoms with E-state index in [9.17, 15) is 52.2 Å². The Balaban J connectivity index is -0.0000000923. The number of nitrogens with one attached hydrogen (secondary N) is 6. The van der Waals surface area contributed by atoms with Crippen molar-refractivity contribution < 1.29 is 71.1 Å². The molecule has 0 aliphatic heterocycles. The third kappa shape index (κ3) is 206. The van der Waals surface area contributed by atoms with Gasteiger partial charge < -0.3 is 60.2 Å². The lowest BCUT2D eigenvalue weighted by atomic mass is 9.84. The van der Waals surface area contributed by atoms with Gasteiger partial charge in [0.25, 0.3) is 0 Å². The summed E-state index contributed by atoms with van der Waals surface area (Å²) in [5, 5.41) is 22.6. The van der Waals surface area contributed by atoms with Crippen molar-refractivity contribution in [2.45, 2.75) is 321 Å². The van der Waals surface area contributed by atoms with E-state index in [-0.39, 0.29) is 53.0 Å². The highest BCUT2D eigenvalue weighted by molar-refractivity contribution is 7.99. The third-order valence-corrected chi connectivity index (χ3v) is 14.6. The number of pyridine rings is 1. The van der Waals surface area contributed by atoms with Crippen LogP contribution in [-0.2, 0) is 85.1 Å². The van der Waals surface area contributed by atoms with Crippen molar-refractivity contribution in [2.24, 2.45) is 30.2 Å². The Morgan fingerprint density at radius 2 is 0.879 bits per heavy atom. The zero-order valence-electron chi connectivity index (χ0n) is 91.1. The Bertz CT molecular complexity index is 3350. The topological polar surface area (TPSA) is 340 Å². The summed E-state index contributed by atoms with van der Waals surface area (Å²) in [6, 6.07) is 34.4. The van der Waals surface area contributed by atoms with Gasteiger partial charge in [-0.25, -0.2) is 0 Å². The van der Waals surface area contributed by atoms with E-state index in [1.165, 1.54) is 134 Å². The monoisotopic (exact) mass is 1880 g/mol. The number of aryl methyl sites for hydroxylation is 4. The Hall–Kier alpha value is -9.37. The van der Waals surface area contributed by atoms with Gasteiger partial charge >= 0.3 is 11.9 Å². The number of ketones is 3. The van der Waals surface area contributed by atoms with Gasteiger partial charge in [0.15, 0.2) is 5.78 Å². The number of benzene rings is 3. The van der Waals surface area contributed by atoms with Crippen molar-refractivity contribution in [3.63, 3.8) is 0 Å². The summed E-state index contributed by atoms with van der Waals surface area (Å²) in [4.78, 5) is 104. The van der Waals surface area contributed by atoms with Gasteiger partial charge in [-0.15, -0.1) is 23.4 Å². The number of methoxy groups -OCH3 is 4. The molecule has 0 unspecified atom stereocenters. The summed E-state index contributed by atoms with van der Waals surface area (Å²) in [6.45, 7) is 57.7. The fourth-order valence-electron chi connectivity index (χ4n) is 6.18.